The van der Waals surface area contributed by atoms with Gasteiger partial charge in [-0.25, -0.2) is 24.4 Å². The van der Waals surface area contributed by atoms with Crippen molar-refractivity contribution in [2.24, 2.45) is 0 Å². The highest BCUT2D eigenvalue weighted by atomic mass is 19.4. The summed E-state index contributed by atoms with van der Waals surface area (Å²) >= 11 is 0. The molecule has 4 N–H and O–H groups in total. The van der Waals surface area contributed by atoms with Gasteiger partial charge in [-0.05, 0) is 38.8 Å². The minimum Gasteiger partial charge on any atom is -0.383 e. The fourth-order valence-corrected chi connectivity index (χ4v) is 3.79. The van der Waals surface area contributed by atoms with Crippen LogP contribution in [0.5, 0.6) is 0 Å². The number of rotatable bonds is 7. The summed E-state index contributed by atoms with van der Waals surface area (Å²) in [7, 11) is 0. The lowest BCUT2D eigenvalue weighted by atomic mass is 10.1. The Morgan fingerprint density at radius 1 is 1.19 bits per heavy atom. The smallest absolute Gasteiger partial charge is 0.383 e. The summed E-state index contributed by atoms with van der Waals surface area (Å²) < 4.78 is 55.8. The highest BCUT2D eigenvalue weighted by Crippen LogP contribution is 2.32. The molecular formula is C23H22F4N8O2. The molecule has 4 aromatic rings. The van der Waals surface area contributed by atoms with Gasteiger partial charge >= 0.3 is 6.18 Å². The molecule has 37 heavy (non-hydrogen) atoms. The Kier molecular flexibility index (Phi) is 6.92. The van der Waals surface area contributed by atoms with Gasteiger partial charge < -0.3 is 11.1 Å². The SMILES string of the molecule is Cc1cnc(-c2cc3ncn(CCC[C@H](C)Nc4cn[nH]c(=O)c4C(F)(F)F)c(=O)c3cc2F)nc1N. The van der Waals surface area contributed by atoms with Crippen LogP contribution >= 0.6 is 0 Å². The molecule has 0 saturated heterocycles. The Bertz CT molecular complexity index is 1580. The second-order valence-corrected chi connectivity index (χ2v) is 8.53. The van der Waals surface area contributed by atoms with E-state index in [0.717, 1.165) is 12.3 Å². The number of aryl methyl sites for hydroxylation is 2. The van der Waals surface area contributed by atoms with Crippen molar-refractivity contribution in [2.45, 2.75) is 45.5 Å². The van der Waals surface area contributed by atoms with Crippen LogP contribution < -0.4 is 22.2 Å². The lowest BCUT2D eigenvalue weighted by Crippen LogP contribution is -2.27. The molecule has 0 aliphatic rings. The molecule has 0 radical (unpaired) electrons. The molecule has 194 valence electrons. The number of benzene rings is 1. The number of aromatic nitrogens is 6. The number of nitrogens with two attached hydrogens (primary N) is 1. The van der Waals surface area contributed by atoms with Crippen LogP contribution in [0, 0.1) is 12.7 Å². The third kappa shape index (κ3) is 5.42. The van der Waals surface area contributed by atoms with E-state index in [-0.39, 0.29) is 34.7 Å². The van der Waals surface area contributed by atoms with E-state index in [1.807, 2.05) is 0 Å². The van der Waals surface area contributed by atoms with Crippen LogP contribution in [-0.4, -0.2) is 35.8 Å². The minimum absolute atomic E-state index is 0.0520. The Morgan fingerprint density at radius 2 is 1.95 bits per heavy atom. The predicted molar refractivity (Wildman–Crippen MR) is 128 cm³/mol. The Labute approximate surface area is 206 Å². The standard InChI is InChI=1S/C23H22F4N8O2/c1-11-8-29-20(33-19(11)28)13-7-16-14(6-15(13)24)22(37)35(10-30-16)5-3-4-12(2)32-17-9-31-34-21(36)18(17)23(25,26)27/h6-10,12H,3-5H2,1-2H3,(H2,28,29,33)(H2,32,34,36)/t12-/m0/s1. The van der Waals surface area contributed by atoms with Gasteiger partial charge in [-0.2, -0.15) is 18.3 Å². The summed E-state index contributed by atoms with van der Waals surface area (Å²) in [6.07, 6.45) is -0.423. The Balaban J connectivity index is 1.48. The molecular weight excluding hydrogens is 496 g/mol. The zero-order valence-corrected chi connectivity index (χ0v) is 19.7. The first kappa shape index (κ1) is 25.7. The molecule has 10 nitrogen and oxygen atoms in total. The molecule has 0 unspecified atom stereocenters. The third-order valence-electron chi connectivity index (χ3n) is 5.74. The summed E-state index contributed by atoms with van der Waals surface area (Å²) in [5.74, 6) is -0.432. The Morgan fingerprint density at radius 3 is 2.65 bits per heavy atom. The quantitative estimate of drug-likeness (QED) is 0.316. The van der Waals surface area contributed by atoms with Crippen molar-refractivity contribution in [3.63, 3.8) is 0 Å². The van der Waals surface area contributed by atoms with Gasteiger partial charge in [-0.1, -0.05) is 0 Å². The summed E-state index contributed by atoms with van der Waals surface area (Å²) in [6, 6.07) is 1.97. The van der Waals surface area contributed by atoms with Gasteiger partial charge in [0.1, 0.15) is 17.2 Å². The predicted octanol–water partition coefficient (Wildman–Crippen LogP) is 3.27. The fraction of sp³-hybridized carbons (Fsp3) is 0.304. The number of hydrogen-bond donors (Lipinski definition) is 3. The second kappa shape index (κ2) is 9.95. The highest BCUT2D eigenvalue weighted by Gasteiger charge is 2.37. The zero-order valence-electron chi connectivity index (χ0n) is 19.7. The normalized spacial score (nSPS) is 12.6. The van der Waals surface area contributed by atoms with Crippen LogP contribution in [0.25, 0.3) is 22.3 Å². The number of nitrogens with one attached hydrogen (secondary N) is 2. The number of halogens is 4. The van der Waals surface area contributed by atoms with Crippen molar-refractivity contribution < 1.29 is 17.6 Å². The van der Waals surface area contributed by atoms with E-state index in [1.165, 1.54) is 23.2 Å². The monoisotopic (exact) mass is 518 g/mol. The fourth-order valence-electron chi connectivity index (χ4n) is 3.79. The zero-order chi connectivity index (χ0) is 26.9. The number of alkyl halides is 3. The van der Waals surface area contributed by atoms with Crippen molar-refractivity contribution in [1.29, 1.82) is 0 Å². The maximum atomic E-state index is 14.8. The van der Waals surface area contributed by atoms with Gasteiger partial charge in [-0.15, -0.1) is 0 Å². The van der Waals surface area contributed by atoms with Crippen LogP contribution in [0.3, 0.4) is 0 Å². The summed E-state index contributed by atoms with van der Waals surface area (Å²) in [5.41, 5.74) is 3.13. The van der Waals surface area contributed by atoms with E-state index in [2.05, 4.69) is 25.4 Å². The number of hydrogen-bond acceptors (Lipinski definition) is 8. The van der Waals surface area contributed by atoms with Crippen LogP contribution in [0.2, 0.25) is 0 Å². The first-order chi connectivity index (χ1) is 17.5. The summed E-state index contributed by atoms with van der Waals surface area (Å²) in [4.78, 5) is 36.9. The maximum absolute atomic E-state index is 14.8. The molecule has 0 amide bonds. The van der Waals surface area contributed by atoms with E-state index in [0.29, 0.717) is 18.4 Å². The molecule has 14 heteroatoms. The molecule has 0 aliphatic carbocycles. The van der Waals surface area contributed by atoms with Crippen LogP contribution in [0.4, 0.5) is 29.1 Å². The minimum atomic E-state index is -4.85. The average Bonchev–Trinajstić information content (AvgIpc) is 2.81. The molecule has 3 heterocycles. The highest BCUT2D eigenvalue weighted by molar-refractivity contribution is 5.82. The number of anilines is 2. The molecule has 4 rings (SSSR count). The molecule has 1 atom stereocenters. The van der Waals surface area contributed by atoms with Crippen LogP contribution in [0.15, 0.2) is 40.4 Å². The van der Waals surface area contributed by atoms with E-state index in [1.54, 1.807) is 18.9 Å². The van der Waals surface area contributed by atoms with Gasteiger partial charge in [-0.3, -0.25) is 14.2 Å². The first-order valence-corrected chi connectivity index (χ1v) is 11.1. The van der Waals surface area contributed by atoms with Gasteiger partial charge in [0.25, 0.3) is 11.1 Å². The summed E-state index contributed by atoms with van der Waals surface area (Å²) in [5, 5.41) is 7.90. The molecule has 1 aromatic carbocycles. The van der Waals surface area contributed by atoms with E-state index >= 15 is 0 Å². The Hall–Kier alpha value is -4.36. The van der Waals surface area contributed by atoms with E-state index in [4.69, 9.17) is 5.73 Å². The molecule has 0 bridgehead atoms. The molecule has 0 aliphatic heterocycles. The molecule has 3 aromatic heterocycles. The van der Waals surface area contributed by atoms with Crippen LogP contribution in [-0.2, 0) is 12.7 Å². The lowest BCUT2D eigenvalue weighted by Gasteiger charge is -2.18. The van der Waals surface area contributed by atoms with E-state index < -0.39 is 40.4 Å². The van der Waals surface area contributed by atoms with Crippen molar-refractivity contribution in [2.75, 3.05) is 11.1 Å². The number of fused-ring (bicyclic) bond motifs is 1. The van der Waals surface area contributed by atoms with Crippen molar-refractivity contribution >= 4 is 22.4 Å². The van der Waals surface area contributed by atoms with Gasteiger partial charge in [0, 0.05) is 24.3 Å². The number of nitrogens with zero attached hydrogens (tertiary/aromatic N) is 5. The topological polar surface area (TPSA) is 144 Å². The number of nitrogen functional groups attached to an aromatic ring is 1. The van der Waals surface area contributed by atoms with E-state index in [9.17, 15) is 27.2 Å². The molecule has 0 saturated carbocycles. The average molecular weight is 518 g/mol. The van der Waals surface area contributed by atoms with Crippen molar-refractivity contribution in [1.82, 2.24) is 29.7 Å². The second-order valence-electron chi connectivity index (χ2n) is 8.53. The summed E-state index contributed by atoms with van der Waals surface area (Å²) in [6.45, 7) is 3.55. The lowest BCUT2D eigenvalue weighted by molar-refractivity contribution is -0.138. The largest absolute Gasteiger partial charge is 0.423 e. The van der Waals surface area contributed by atoms with Crippen LogP contribution in [0.1, 0.15) is 30.9 Å². The molecule has 0 fully saturated rings. The first-order valence-electron chi connectivity index (χ1n) is 11.1. The van der Waals surface area contributed by atoms with Gasteiger partial charge in [0.05, 0.1) is 34.7 Å². The van der Waals surface area contributed by atoms with Crippen molar-refractivity contribution in [3.8, 4) is 11.4 Å². The molecule has 0 spiro atoms. The van der Waals surface area contributed by atoms with Gasteiger partial charge in [0.15, 0.2) is 5.82 Å². The third-order valence-corrected chi connectivity index (χ3v) is 5.74. The van der Waals surface area contributed by atoms with Gasteiger partial charge in [0.2, 0.25) is 0 Å². The number of H-pyrrole nitrogens is 1. The van der Waals surface area contributed by atoms with Crippen molar-refractivity contribution in [3.05, 3.63) is 68.5 Å². The number of aromatic amines is 1. The maximum Gasteiger partial charge on any atom is 0.423 e.